The minimum Gasteiger partial charge on any atom is -0.444 e. The van der Waals surface area contributed by atoms with Crippen molar-refractivity contribution in [2.24, 2.45) is 11.7 Å². The molecule has 1 amide bonds. The van der Waals surface area contributed by atoms with E-state index in [0.29, 0.717) is 12.5 Å². The van der Waals surface area contributed by atoms with Gasteiger partial charge in [0.2, 0.25) is 0 Å². The molecule has 0 radical (unpaired) electrons. The lowest BCUT2D eigenvalue weighted by molar-refractivity contribution is 0.0456. The van der Waals surface area contributed by atoms with Crippen molar-refractivity contribution in [3.8, 4) is 0 Å². The van der Waals surface area contributed by atoms with E-state index in [-0.39, 0.29) is 12.1 Å². The predicted octanol–water partition coefficient (Wildman–Crippen LogP) is 1.66. The lowest BCUT2D eigenvalue weighted by Gasteiger charge is -2.27. The second-order valence-electron chi connectivity index (χ2n) is 5.87. The Morgan fingerprint density at radius 3 is 2.56 bits per heavy atom. The fourth-order valence-electron chi connectivity index (χ4n) is 2.07. The summed E-state index contributed by atoms with van der Waals surface area (Å²) in [6, 6.07) is -0.0112. The van der Waals surface area contributed by atoms with E-state index in [0.717, 1.165) is 32.5 Å². The Bertz CT molecular complexity index is 257. The van der Waals surface area contributed by atoms with Crippen LogP contribution >= 0.6 is 0 Å². The molecule has 1 heterocycles. The van der Waals surface area contributed by atoms with Gasteiger partial charge < -0.3 is 20.5 Å². The van der Waals surface area contributed by atoms with E-state index in [4.69, 9.17) is 15.2 Å². The van der Waals surface area contributed by atoms with Gasteiger partial charge in [-0.25, -0.2) is 4.79 Å². The van der Waals surface area contributed by atoms with Crippen LogP contribution in [0.25, 0.3) is 0 Å². The highest BCUT2D eigenvalue weighted by atomic mass is 16.6. The summed E-state index contributed by atoms with van der Waals surface area (Å²) in [4.78, 5) is 11.7. The maximum Gasteiger partial charge on any atom is 0.407 e. The van der Waals surface area contributed by atoms with Crippen molar-refractivity contribution in [1.29, 1.82) is 0 Å². The van der Waals surface area contributed by atoms with E-state index >= 15 is 0 Å². The van der Waals surface area contributed by atoms with E-state index in [1.165, 1.54) is 0 Å². The van der Waals surface area contributed by atoms with Crippen LogP contribution in [0, 0.1) is 5.92 Å². The highest BCUT2D eigenvalue weighted by Crippen LogP contribution is 2.20. The van der Waals surface area contributed by atoms with E-state index in [2.05, 4.69) is 5.32 Å². The van der Waals surface area contributed by atoms with Gasteiger partial charge in [0.05, 0.1) is 0 Å². The number of rotatable bonds is 4. The zero-order chi connectivity index (χ0) is 13.6. The molecule has 0 aliphatic carbocycles. The molecule has 0 bridgehead atoms. The van der Waals surface area contributed by atoms with E-state index in [9.17, 15) is 4.79 Å². The summed E-state index contributed by atoms with van der Waals surface area (Å²) in [5, 5.41) is 2.84. The van der Waals surface area contributed by atoms with Crippen molar-refractivity contribution in [2.75, 3.05) is 19.8 Å². The third-order valence-electron chi connectivity index (χ3n) is 2.96. The van der Waals surface area contributed by atoms with Crippen LogP contribution in [0.3, 0.4) is 0 Å². The quantitative estimate of drug-likeness (QED) is 0.804. The molecule has 106 valence electrons. The van der Waals surface area contributed by atoms with E-state index in [1.54, 1.807) is 0 Å². The van der Waals surface area contributed by atoms with Crippen LogP contribution in [0.4, 0.5) is 4.79 Å². The van der Waals surface area contributed by atoms with Gasteiger partial charge in [0, 0.05) is 25.8 Å². The van der Waals surface area contributed by atoms with Crippen molar-refractivity contribution < 1.29 is 14.3 Å². The molecule has 0 aromatic carbocycles. The summed E-state index contributed by atoms with van der Waals surface area (Å²) < 4.78 is 10.5. The van der Waals surface area contributed by atoms with Gasteiger partial charge in [-0.1, -0.05) is 0 Å². The number of alkyl carbamates (subject to hydrolysis) is 1. The van der Waals surface area contributed by atoms with Crippen LogP contribution in [-0.2, 0) is 9.47 Å². The molecule has 1 aliphatic heterocycles. The minimum atomic E-state index is -0.470. The van der Waals surface area contributed by atoms with Crippen molar-refractivity contribution in [3.63, 3.8) is 0 Å². The molecule has 3 N–H and O–H groups in total. The standard InChI is InChI=1S/C13H26N2O3/c1-13(2,3)18-12(16)15-11(9-14)8-10-4-6-17-7-5-10/h10-11H,4-9,14H2,1-3H3,(H,15,16). The summed E-state index contributed by atoms with van der Waals surface area (Å²) in [5.74, 6) is 0.585. The predicted molar refractivity (Wildman–Crippen MR) is 70.4 cm³/mol. The highest BCUT2D eigenvalue weighted by Gasteiger charge is 2.22. The monoisotopic (exact) mass is 258 g/mol. The molecule has 1 rings (SSSR count). The van der Waals surface area contributed by atoms with Crippen molar-refractivity contribution in [1.82, 2.24) is 5.32 Å². The molecular weight excluding hydrogens is 232 g/mol. The number of ether oxygens (including phenoxy) is 2. The molecule has 18 heavy (non-hydrogen) atoms. The first-order valence-electron chi connectivity index (χ1n) is 6.68. The van der Waals surface area contributed by atoms with Crippen LogP contribution < -0.4 is 11.1 Å². The Labute approximate surface area is 109 Å². The number of amides is 1. The fraction of sp³-hybridized carbons (Fsp3) is 0.923. The third kappa shape index (κ3) is 6.21. The van der Waals surface area contributed by atoms with Gasteiger partial charge in [-0.2, -0.15) is 0 Å². The molecule has 1 aliphatic rings. The smallest absolute Gasteiger partial charge is 0.407 e. The second kappa shape index (κ2) is 6.95. The fourth-order valence-corrected chi connectivity index (χ4v) is 2.07. The van der Waals surface area contributed by atoms with Gasteiger partial charge in [-0.15, -0.1) is 0 Å². The molecule has 0 aromatic rings. The van der Waals surface area contributed by atoms with Crippen molar-refractivity contribution >= 4 is 6.09 Å². The molecule has 1 atom stereocenters. The molecule has 0 saturated carbocycles. The van der Waals surface area contributed by atoms with Gasteiger partial charge in [0.1, 0.15) is 5.60 Å². The first-order valence-corrected chi connectivity index (χ1v) is 6.68. The van der Waals surface area contributed by atoms with Crippen LogP contribution in [0.1, 0.15) is 40.0 Å². The number of hydrogen-bond donors (Lipinski definition) is 2. The maximum absolute atomic E-state index is 11.7. The number of nitrogens with one attached hydrogen (secondary N) is 1. The SMILES string of the molecule is CC(C)(C)OC(=O)NC(CN)CC1CCOCC1. The first-order chi connectivity index (χ1) is 8.40. The average molecular weight is 258 g/mol. The molecule has 0 spiro atoms. The molecule has 5 heteroatoms. The molecule has 0 aromatic heterocycles. The summed E-state index contributed by atoms with van der Waals surface area (Å²) in [7, 11) is 0. The minimum absolute atomic E-state index is 0.0112. The highest BCUT2D eigenvalue weighted by molar-refractivity contribution is 5.68. The third-order valence-corrected chi connectivity index (χ3v) is 2.96. The maximum atomic E-state index is 11.7. The normalized spacial score (nSPS) is 19.3. The lowest BCUT2D eigenvalue weighted by Crippen LogP contribution is -2.44. The average Bonchev–Trinajstić information content (AvgIpc) is 2.27. The Hall–Kier alpha value is -0.810. The Balaban J connectivity index is 2.34. The molecule has 1 saturated heterocycles. The number of carbonyl (C=O) groups excluding carboxylic acids is 1. The molecular formula is C13H26N2O3. The molecule has 5 nitrogen and oxygen atoms in total. The van der Waals surface area contributed by atoms with Crippen molar-refractivity contribution in [3.05, 3.63) is 0 Å². The summed E-state index contributed by atoms with van der Waals surface area (Å²) in [6.07, 6.45) is 2.61. The van der Waals surface area contributed by atoms with Gasteiger partial charge in [0.25, 0.3) is 0 Å². The number of nitrogens with two attached hydrogens (primary N) is 1. The van der Waals surface area contributed by atoms with Crippen molar-refractivity contribution in [2.45, 2.75) is 51.7 Å². The summed E-state index contributed by atoms with van der Waals surface area (Å²) in [6.45, 7) is 7.62. The van der Waals surface area contributed by atoms with Gasteiger partial charge in [0.15, 0.2) is 0 Å². The van der Waals surface area contributed by atoms with E-state index < -0.39 is 5.60 Å². The Kier molecular flexibility index (Phi) is 5.88. The summed E-state index contributed by atoms with van der Waals surface area (Å²) >= 11 is 0. The largest absolute Gasteiger partial charge is 0.444 e. The molecule has 1 fully saturated rings. The Morgan fingerprint density at radius 2 is 2.06 bits per heavy atom. The first kappa shape index (κ1) is 15.2. The second-order valence-corrected chi connectivity index (χ2v) is 5.87. The summed E-state index contributed by atoms with van der Waals surface area (Å²) in [5.41, 5.74) is 5.23. The van der Waals surface area contributed by atoms with Gasteiger partial charge in [-0.05, 0) is 46.0 Å². The number of hydrogen-bond acceptors (Lipinski definition) is 4. The Morgan fingerprint density at radius 1 is 1.44 bits per heavy atom. The van der Waals surface area contributed by atoms with Crippen LogP contribution in [0.5, 0.6) is 0 Å². The zero-order valence-electron chi connectivity index (χ0n) is 11.7. The topological polar surface area (TPSA) is 73.6 Å². The number of carbonyl (C=O) groups is 1. The lowest BCUT2D eigenvalue weighted by atomic mass is 9.92. The van der Waals surface area contributed by atoms with Gasteiger partial charge >= 0.3 is 6.09 Å². The van der Waals surface area contributed by atoms with Gasteiger partial charge in [-0.3, -0.25) is 0 Å². The van der Waals surface area contributed by atoms with Crippen LogP contribution in [-0.4, -0.2) is 37.5 Å². The van der Waals surface area contributed by atoms with Crippen LogP contribution in [0.2, 0.25) is 0 Å². The van der Waals surface area contributed by atoms with E-state index in [1.807, 2.05) is 20.8 Å². The molecule has 1 unspecified atom stereocenters. The zero-order valence-corrected chi connectivity index (χ0v) is 11.7. The van der Waals surface area contributed by atoms with Crippen LogP contribution in [0.15, 0.2) is 0 Å².